The van der Waals surface area contributed by atoms with E-state index in [1.165, 1.54) is 0 Å². The second-order valence-corrected chi connectivity index (χ2v) is 9.96. The number of carbonyl (C=O) groups is 2. The van der Waals surface area contributed by atoms with Crippen molar-refractivity contribution in [3.05, 3.63) is 129 Å². The van der Waals surface area contributed by atoms with Gasteiger partial charge in [-0.2, -0.15) is 0 Å². The molecule has 0 unspecified atom stereocenters. The highest BCUT2D eigenvalue weighted by Gasteiger charge is 2.19. The van der Waals surface area contributed by atoms with Crippen molar-refractivity contribution in [2.45, 2.75) is 13.8 Å². The van der Waals surface area contributed by atoms with Crippen molar-refractivity contribution < 1.29 is 14.3 Å². The van der Waals surface area contributed by atoms with E-state index in [2.05, 4.69) is 9.97 Å². The van der Waals surface area contributed by atoms with Gasteiger partial charge in [0.1, 0.15) is 21.6 Å². The molecule has 0 aliphatic carbocycles. The van der Waals surface area contributed by atoms with Crippen molar-refractivity contribution in [1.82, 2.24) is 9.97 Å². The lowest BCUT2D eigenvalue weighted by atomic mass is 10.0. The summed E-state index contributed by atoms with van der Waals surface area (Å²) in [5.41, 5.74) is 3.33. The van der Waals surface area contributed by atoms with E-state index >= 15 is 0 Å². The quantitative estimate of drug-likeness (QED) is 0.150. The highest BCUT2D eigenvalue weighted by atomic mass is 35.5. The molecule has 0 fully saturated rings. The molecule has 0 spiro atoms. The Labute approximate surface area is 245 Å². The minimum absolute atomic E-state index is 0.0937. The summed E-state index contributed by atoms with van der Waals surface area (Å²) in [4.78, 5) is 33.8. The first-order chi connectivity index (χ1) is 18.7. The van der Waals surface area contributed by atoms with Crippen molar-refractivity contribution in [3.8, 4) is 11.5 Å². The Morgan fingerprint density at radius 3 is 1.26 bits per heavy atom. The first kappa shape index (κ1) is 28.5. The lowest BCUT2D eigenvalue weighted by Gasteiger charge is -2.13. The lowest BCUT2D eigenvalue weighted by molar-refractivity contribution is 0.103. The average Bonchev–Trinajstić information content (AvgIpc) is 2.97. The molecule has 0 radical (unpaired) electrons. The van der Waals surface area contributed by atoms with E-state index in [0.29, 0.717) is 44.9 Å². The molecular weight excluding hydrogens is 578 g/mol. The standard InChI is InChI=1S/C30H20Cl4N2O3/c1-17-15-21(29(37)27(33)25(31)19-7-11-35-12-8-19)3-5-23(17)39-24-6-4-22(16-18(24)2)30(38)28(34)26(32)20-9-13-36-14-10-20/h3-16H,1-2H3/b27-25+,28-26+. The van der Waals surface area contributed by atoms with Crippen LogP contribution >= 0.6 is 46.4 Å². The molecule has 0 saturated carbocycles. The third kappa shape index (κ3) is 6.57. The number of nitrogens with zero attached hydrogens (tertiary/aromatic N) is 2. The van der Waals surface area contributed by atoms with Gasteiger partial charge in [0.05, 0.1) is 10.1 Å². The second-order valence-electron chi connectivity index (χ2n) is 8.45. The van der Waals surface area contributed by atoms with Crippen LogP contribution in [0.3, 0.4) is 0 Å². The summed E-state index contributed by atoms with van der Waals surface area (Å²) in [5.74, 6) is 0.241. The Hall–Kier alpha value is -3.48. The minimum atomic E-state index is -0.414. The van der Waals surface area contributed by atoms with Gasteiger partial charge >= 0.3 is 0 Å². The molecular formula is C30H20Cl4N2O3. The fraction of sp³-hybridized carbons (Fsp3) is 0.0667. The molecule has 4 aromatic rings. The van der Waals surface area contributed by atoms with Crippen molar-refractivity contribution in [3.63, 3.8) is 0 Å². The molecule has 2 aromatic carbocycles. The van der Waals surface area contributed by atoms with Gasteiger partial charge in [-0.25, -0.2) is 0 Å². The molecule has 0 aliphatic rings. The summed E-state index contributed by atoms with van der Waals surface area (Å²) in [6.07, 6.45) is 6.26. The van der Waals surface area contributed by atoms with Crippen LogP contribution in [0.5, 0.6) is 11.5 Å². The topological polar surface area (TPSA) is 69.2 Å². The molecule has 2 heterocycles. The van der Waals surface area contributed by atoms with Crippen LogP contribution in [0.1, 0.15) is 43.0 Å². The molecule has 0 saturated heterocycles. The zero-order chi connectivity index (χ0) is 28.1. The molecule has 9 heteroatoms. The number of ketones is 2. The van der Waals surface area contributed by atoms with Crippen LogP contribution in [0.25, 0.3) is 10.1 Å². The largest absolute Gasteiger partial charge is 0.457 e. The van der Waals surface area contributed by atoms with Crippen LogP contribution in [0.15, 0.2) is 95.5 Å². The number of benzene rings is 2. The summed E-state index contributed by atoms with van der Waals surface area (Å²) >= 11 is 25.3. The molecule has 39 heavy (non-hydrogen) atoms. The smallest absolute Gasteiger partial charge is 0.205 e. The fourth-order valence-electron chi connectivity index (χ4n) is 3.63. The van der Waals surface area contributed by atoms with E-state index in [-0.39, 0.29) is 20.1 Å². The SMILES string of the molecule is Cc1cc(C(=O)/C(Cl)=C(\Cl)c2ccncc2)ccc1Oc1ccc(C(=O)/C(Cl)=C(\Cl)c2ccncc2)cc1C. The van der Waals surface area contributed by atoms with Gasteiger partial charge in [-0.15, -0.1) is 0 Å². The van der Waals surface area contributed by atoms with Crippen molar-refractivity contribution in [1.29, 1.82) is 0 Å². The summed E-state index contributed by atoms with van der Waals surface area (Å²) < 4.78 is 6.09. The number of hydrogen-bond donors (Lipinski definition) is 0. The van der Waals surface area contributed by atoms with E-state index in [1.54, 1.807) is 85.5 Å². The fourth-order valence-corrected chi connectivity index (χ4v) is 4.49. The highest BCUT2D eigenvalue weighted by Crippen LogP contribution is 2.33. The van der Waals surface area contributed by atoms with Crippen molar-refractivity contribution in [2.24, 2.45) is 0 Å². The van der Waals surface area contributed by atoms with Gasteiger partial charge in [0.2, 0.25) is 11.6 Å². The maximum Gasteiger partial charge on any atom is 0.205 e. The van der Waals surface area contributed by atoms with Gasteiger partial charge in [-0.1, -0.05) is 46.4 Å². The van der Waals surface area contributed by atoms with Crippen LogP contribution in [-0.4, -0.2) is 21.5 Å². The molecule has 4 rings (SSSR count). The number of pyridine rings is 2. The van der Waals surface area contributed by atoms with Crippen LogP contribution in [0, 0.1) is 13.8 Å². The molecule has 5 nitrogen and oxygen atoms in total. The number of hydrogen-bond acceptors (Lipinski definition) is 5. The van der Waals surface area contributed by atoms with E-state index in [0.717, 1.165) is 0 Å². The van der Waals surface area contributed by atoms with Crippen LogP contribution in [0.2, 0.25) is 0 Å². The lowest BCUT2D eigenvalue weighted by Crippen LogP contribution is -2.03. The normalized spacial score (nSPS) is 12.4. The van der Waals surface area contributed by atoms with Gasteiger partial charge in [0.25, 0.3) is 0 Å². The van der Waals surface area contributed by atoms with E-state index < -0.39 is 11.6 Å². The number of allylic oxidation sites excluding steroid dienone is 2. The number of aryl methyl sites for hydroxylation is 2. The Morgan fingerprint density at radius 1 is 0.564 bits per heavy atom. The van der Waals surface area contributed by atoms with E-state index in [9.17, 15) is 9.59 Å². The zero-order valence-electron chi connectivity index (χ0n) is 20.7. The van der Waals surface area contributed by atoms with Gasteiger partial charge in [-0.05, 0) is 96.8 Å². The predicted molar refractivity (Wildman–Crippen MR) is 157 cm³/mol. The Morgan fingerprint density at radius 2 is 0.923 bits per heavy atom. The van der Waals surface area contributed by atoms with Crippen molar-refractivity contribution >= 4 is 68.0 Å². The van der Waals surface area contributed by atoms with Gasteiger partial charge in [0.15, 0.2) is 0 Å². The molecule has 2 aromatic heterocycles. The Kier molecular flexibility index (Phi) is 9.20. The first-order valence-corrected chi connectivity index (χ1v) is 13.1. The molecule has 0 N–H and O–H groups in total. The number of carbonyl (C=O) groups excluding carboxylic acids is 2. The molecule has 0 atom stereocenters. The summed E-state index contributed by atoms with van der Waals surface area (Å²) in [5, 5.41) is 0.0983. The highest BCUT2D eigenvalue weighted by molar-refractivity contribution is 6.61. The summed E-state index contributed by atoms with van der Waals surface area (Å²) in [6.45, 7) is 3.63. The Balaban J connectivity index is 1.53. The number of rotatable bonds is 8. The summed E-state index contributed by atoms with van der Waals surface area (Å²) in [6, 6.07) is 16.6. The first-order valence-electron chi connectivity index (χ1n) is 11.6. The molecule has 0 aliphatic heterocycles. The average molecular weight is 598 g/mol. The number of ether oxygens (including phenoxy) is 1. The second kappa shape index (κ2) is 12.6. The minimum Gasteiger partial charge on any atom is -0.457 e. The molecule has 196 valence electrons. The van der Waals surface area contributed by atoms with Crippen molar-refractivity contribution in [2.75, 3.05) is 0 Å². The summed E-state index contributed by atoms with van der Waals surface area (Å²) in [7, 11) is 0. The molecule has 0 bridgehead atoms. The maximum atomic E-state index is 12.9. The van der Waals surface area contributed by atoms with Gasteiger partial charge in [-0.3, -0.25) is 19.6 Å². The third-order valence-electron chi connectivity index (χ3n) is 5.75. The number of halogens is 4. The van der Waals surface area contributed by atoms with E-state index in [1.807, 2.05) is 13.8 Å². The van der Waals surface area contributed by atoms with E-state index in [4.69, 9.17) is 51.1 Å². The Bertz CT molecular complexity index is 1500. The third-order valence-corrected chi connectivity index (χ3v) is 7.47. The number of aromatic nitrogens is 2. The maximum absolute atomic E-state index is 12.9. The number of Topliss-reactive ketones (excluding diaryl/α,β-unsaturated/α-hetero) is 2. The predicted octanol–water partition coefficient (Wildman–Crippen LogP) is 8.94. The van der Waals surface area contributed by atoms with Crippen LogP contribution in [0.4, 0.5) is 0 Å². The monoisotopic (exact) mass is 596 g/mol. The van der Waals surface area contributed by atoms with Crippen LogP contribution in [-0.2, 0) is 0 Å². The van der Waals surface area contributed by atoms with Gasteiger partial charge < -0.3 is 4.74 Å². The van der Waals surface area contributed by atoms with Crippen LogP contribution < -0.4 is 4.74 Å². The molecule has 0 amide bonds. The zero-order valence-corrected chi connectivity index (χ0v) is 23.7. The van der Waals surface area contributed by atoms with Gasteiger partial charge in [0, 0.05) is 35.9 Å².